The van der Waals surface area contributed by atoms with Crippen molar-refractivity contribution < 1.29 is 9.53 Å². The summed E-state index contributed by atoms with van der Waals surface area (Å²) in [4.78, 5) is 12.5. The normalized spacial score (nSPS) is 11.8. The third-order valence-electron chi connectivity index (χ3n) is 8.84. The first-order valence-electron chi connectivity index (χ1n) is 17.7. The number of carbonyl (C=O) groups is 1. The second-order valence-corrected chi connectivity index (χ2v) is 12.7. The quantitative estimate of drug-likeness (QED) is 0.0650. The van der Waals surface area contributed by atoms with Crippen molar-refractivity contribution in [3.8, 4) is 0 Å². The van der Waals surface area contributed by atoms with E-state index in [9.17, 15) is 4.79 Å². The van der Waals surface area contributed by atoms with Gasteiger partial charge in [-0.25, -0.2) is 0 Å². The van der Waals surface area contributed by atoms with Crippen LogP contribution in [0, 0.1) is 5.41 Å². The Kier molecular flexibility index (Phi) is 29.0. The molecule has 0 aliphatic heterocycles. The zero-order valence-corrected chi connectivity index (χ0v) is 27.0. The number of methoxy groups -OCH3 is 1. The lowest BCUT2D eigenvalue weighted by molar-refractivity contribution is -0.152. The van der Waals surface area contributed by atoms with Gasteiger partial charge in [-0.1, -0.05) is 194 Å². The van der Waals surface area contributed by atoms with Crippen LogP contribution in [0.25, 0.3) is 0 Å². The Morgan fingerprint density at radius 2 is 0.632 bits per heavy atom. The van der Waals surface area contributed by atoms with Gasteiger partial charge in [-0.05, 0) is 19.8 Å². The van der Waals surface area contributed by atoms with Crippen LogP contribution in [0.4, 0.5) is 0 Å². The van der Waals surface area contributed by atoms with Crippen LogP contribution in [-0.2, 0) is 9.53 Å². The molecule has 228 valence electrons. The Labute approximate surface area is 241 Å². The second kappa shape index (κ2) is 29.5. The first-order chi connectivity index (χ1) is 18.6. The molecule has 0 saturated carbocycles. The Hall–Kier alpha value is -0.530. The number of ether oxygens (including phenoxy) is 1. The van der Waals surface area contributed by atoms with Crippen LogP contribution in [0.15, 0.2) is 0 Å². The maximum absolute atomic E-state index is 12.5. The van der Waals surface area contributed by atoms with E-state index in [4.69, 9.17) is 4.74 Å². The lowest BCUT2D eigenvalue weighted by Crippen LogP contribution is -2.29. The highest BCUT2D eigenvalue weighted by Crippen LogP contribution is 2.33. The highest BCUT2D eigenvalue weighted by molar-refractivity contribution is 5.76. The van der Waals surface area contributed by atoms with Gasteiger partial charge >= 0.3 is 5.97 Å². The van der Waals surface area contributed by atoms with E-state index in [2.05, 4.69) is 20.8 Å². The van der Waals surface area contributed by atoms with Crippen molar-refractivity contribution in [3.63, 3.8) is 0 Å². The average molecular weight is 537 g/mol. The predicted octanol–water partition coefficient (Wildman–Crippen LogP) is 12.9. The molecule has 0 amide bonds. The molecule has 0 unspecified atom stereocenters. The van der Waals surface area contributed by atoms with Gasteiger partial charge in [-0.3, -0.25) is 4.79 Å². The molecule has 0 rings (SSSR count). The molecule has 0 radical (unpaired) electrons. The minimum absolute atomic E-state index is 0.0156. The summed E-state index contributed by atoms with van der Waals surface area (Å²) in [7, 11) is 1.57. The Morgan fingerprint density at radius 1 is 0.421 bits per heavy atom. The molecule has 38 heavy (non-hydrogen) atoms. The van der Waals surface area contributed by atoms with Crippen molar-refractivity contribution in [3.05, 3.63) is 0 Å². The summed E-state index contributed by atoms with van der Waals surface area (Å²) in [6.07, 6.45) is 40.6. The van der Waals surface area contributed by atoms with Gasteiger partial charge in [-0.2, -0.15) is 0 Å². The van der Waals surface area contributed by atoms with Crippen molar-refractivity contribution in [2.45, 2.75) is 213 Å². The fourth-order valence-corrected chi connectivity index (χ4v) is 5.99. The van der Waals surface area contributed by atoms with E-state index in [-0.39, 0.29) is 11.4 Å². The summed E-state index contributed by atoms with van der Waals surface area (Å²) in [5, 5.41) is 0. The number of rotatable bonds is 31. The zero-order valence-electron chi connectivity index (χ0n) is 27.0. The number of carbonyl (C=O) groups excluding carboxylic acids is 1. The Bertz CT molecular complexity index is 440. The van der Waals surface area contributed by atoms with E-state index < -0.39 is 0 Å². The minimum atomic E-state index is -0.275. The highest BCUT2D eigenvalue weighted by Gasteiger charge is 2.33. The lowest BCUT2D eigenvalue weighted by Gasteiger charge is -2.26. The fraction of sp³-hybridized carbons (Fsp3) is 0.972. The molecule has 0 aromatic rings. The van der Waals surface area contributed by atoms with Gasteiger partial charge < -0.3 is 4.74 Å². The van der Waals surface area contributed by atoms with Gasteiger partial charge in [0, 0.05) is 0 Å². The molecule has 0 saturated heterocycles. The van der Waals surface area contributed by atoms with E-state index in [0.717, 1.165) is 12.8 Å². The van der Waals surface area contributed by atoms with Crippen LogP contribution in [0.2, 0.25) is 0 Å². The molecule has 2 nitrogen and oxygen atoms in total. The molecule has 0 aliphatic rings. The van der Waals surface area contributed by atoms with Crippen LogP contribution in [0.3, 0.4) is 0 Å². The van der Waals surface area contributed by atoms with Crippen LogP contribution in [-0.4, -0.2) is 13.1 Å². The van der Waals surface area contributed by atoms with Crippen LogP contribution in [0.5, 0.6) is 0 Å². The van der Waals surface area contributed by atoms with E-state index in [1.165, 1.54) is 180 Å². The molecule has 0 fully saturated rings. The summed E-state index contributed by atoms with van der Waals surface area (Å²) < 4.78 is 5.22. The van der Waals surface area contributed by atoms with Crippen molar-refractivity contribution in [1.82, 2.24) is 0 Å². The summed E-state index contributed by atoms with van der Waals surface area (Å²) in [5.74, 6) is 0.0156. The molecule has 0 aromatic heterocycles. The van der Waals surface area contributed by atoms with Gasteiger partial charge in [0.15, 0.2) is 0 Å². The van der Waals surface area contributed by atoms with Crippen molar-refractivity contribution in [1.29, 1.82) is 0 Å². The standard InChI is InChI=1S/C36H72O2/c1-5-7-9-11-13-15-17-19-21-23-25-27-29-31-33-36(3,35(37)38-4)34-32-30-28-26-24-22-20-18-16-14-12-10-8-6-2/h5-34H2,1-4H3. The molecule has 2 heteroatoms. The number of hydrogen-bond donors (Lipinski definition) is 0. The van der Waals surface area contributed by atoms with E-state index in [0.29, 0.717) is 0 Å². The maximum Gasteiger partial charge on any atom is 0.311 e. The predicted molar refractivity (Wildman–Crippen MR) is 170 cm³/mol. The number of hydrogen-bond acceptors (Lipinski definition) is 2. The fourth-order valence-electron chi connectivity index (χ4n) is 5.99. The van der Waals surface area contributed by atoms with E-state index in [1.807, 2.05) is 0 Å². The van der Waals surface area contributed by atoms with E-state index >= 15 is 0 Å². The zero-order chi connectivity index (χ0) is 28.0. The van der Waals surface area contributed by atoms with Crippen molar-refractivity contribution in [2.24, 2.45) is 5.41 Å². The number of esters is 1. The first kappa shape index (κ1) is 37.5. The van der Waals surface area contributed by atoms with Gasteiger partial charge in [0.25, 0.3) is 0 Å². The molecular weight excluding hydrogens is 464 g/mol. The molecule has 0 heterocycles. The lowest BCUT2D eigenvalue weighted by atomic mass is 9.79. The van der Waals surface area contributed by atoms with E-state index in [1.54, 1.807) is 7.11 Å². The van der Waals surface area contributed by atoms with Gasteiger partial charge in [0.05, 0.1) is 12.5 Å². The molecule has 0 N–H and O–H groups in total. The SMILES string of the molecule is CCCCCCCCCCCCCCCCC(C)(CCCCCCCCCCCCCCCC)C(=O)OC. The second-order valence-electron chi connectivity index (χ2n) is 12.7. The van der Waals surface area contributed by atoms with Gasteiger partial charge in [-0.15, -0.1) is 0 Å². The Morgan fingerprint density at radius 3 is 0.842 bits per heavy atom. The number of unbranched alkanes of at least 4 members (excludes halogenated alkanes) is 26. The summed E-state index contributed by atoms with van der Waals surface area (Å²) >= 11 is 0. The summed E-state index contributed by atoms with van der Waals surface area (Å²) in [5.41, 5.74) is -0.275. The molecule has 0 atom stereocenters. The highest BCUT2D eigenvalue weighted by atomic mass is 16.5. The summed E-state index contributed by atoms with van der Waals surface area (Å²) in [6.45, 7) is 6.74. The third kappa shape index (κ3) is 24.5. The molecule has 0 spiro atoms. The maximum atomic E-state index is 12.5. The van der Waals surface area contributed by atoms with Crippen LogP contribution in [0.1, 0.15) is 213 Å². The smallest absolute Gasteiger partial charge is 0.311 e. The van der Waals surface area contributed by atoms with Gasteiger partial charge in [0.2, 0.25) is 0 Å². The Balaban J connectivity index is 3.67. The van der Waals surface area contributed by atoms with Crippen molar-refractivity contribution in [2.75, 3.05) is 7.11 Å². The minimum Gasteiger partial charge on any atom is -0.469 e. The molecular formula is C36H72O2. The molecule has 0 aromatic carbocycles. The van der Waals surface area contributed by atoms with Crippen LogP contribution >= 0.6 is 0 Å². The topological polar surface area (TPSA) is 26.3 Å². The average Bonchev–Trinajstić information content (AvgIpc) is 2.93. The first-order valence-corrected chi connectivity index (χ1v) is 17.7. The molecule has 0 bridgehead atoms. The largest absolute Gasteiger partial charge is 0.469 e. The summed E-state index contributed by atoms with van der Waals surface area (Å²) in [6, 6.07) is 0. The van der Waals surface area contributed by atoms with Crippen LogP contribution < -0.4 is 0 Å². The van der Waals surface area contributed by atoms with Gasteiger partial charge in [0.1, 0.15) is 0 Å². The molecule has 0 aliphatic carbocycles. The third-order valence-corrected chi connectivity index (χ3v) is 8.84. The monoisotopic (exact) mass is 537 g/mol. The van der Waals surface area contributed by atoms with Crippen molar-refractivity contribution >= 4 is 5.97 Å².